The lowest BCUT2D eigenvalue weighted by Gasteiger charge is -2.18. The van der Waals surface area contributed by atoms with E-state index in [4.69, 9.17) is 4.74 Å². The summed E-state index contributed by atoms with van der Waals surface area (Å²) in [5, 5.41) is 2.03. The van der Waals surface area contributed by atoms with Crippen LogP contribution in [0.25, 0.3) is 10.2 Å². The van der Waals surface area contributed by atoms with E-state index in [0.717, 1.165) is 47.7 Å². The summed E-state index contributed by atoms with van der Waals surface area (Å²) in [5.74, 6) is 0.788. The number of nitrogens with zero attached hydrogens (tertiary/aromatic N) is 4. The Hall–Kier alpha value is -2.67. The predicted molar refractivity (Wildman–Crippen MR) is 116 cm³/mol. The summed E-state index contributed by atoms with van der Waals surface area (Å²) in [6, 6.07) is 10.3. The van der Waals surface area contributed by atoms with E-state index in [1.165, 1.54) is 18.5 Å². The molecule has 2 aliphatic rings. The zero-order chi connectivity index (χ0) is 19.6. The molecule has 2 aromatic heterocycles. The molecule has 0 bridgehead atoms. The maximum Gasteiger partial charge on any atom is 0.310 e. The van der Waals surface area contributed by atoms with Crippen LogP contribution in [0.3, 0.4) is 0 Å². The van der Waals surface area contributed by atoms with Gasteiger partial charge in [0.05, 0.1) is 23.2 Å². The largest absolute Gasteiger partial charge is 0.460 e. The van der Waals surface area contributed by atoms with Crippen LogP contribution >= 0.6 is 11.3 Å². The number of ether oxygens (including phenoxy) is 1. The third-order valence-corrected chi connectivity index (χ3v) is 6.62. The second-order valence-electron chi connectivity index (χ2n) is 7.72. The van der Waals surface area contributed by atoms with Gasteiger partial charge in [-0.25, -0.2) is 9.97 Å². The summed E-state index contributed by atoms with van der Waals surface area (Å²) in [5.41, 5.74) is 3.22. The molecule has 2 fully saturated rings. The molecule has 1 atom stereocenters. The smallest absolute Gasteiger partial charge is 0.310 e. The highest BCUT2D eigenvalue weighted by molar-refractivity contribution is 7.17. The van der Waals surface area contributed by atoms with Crippen LogP contribution in [0.2, 0.25) is 0 Å². The number of hydrogen-bond acceptors (Lipinski definition) is 7. The zero-order valence-corrected chi connectivity index (χ0v) is 17.1. The van der Waals surface area contributed by atoms with Gasteiger partial charge in [-0.2, -0.15) is 0 Å². The van der Waals surface area contributed by atoms with Crippen molar-refractivity contribution in [3.8, 4) is 0 Å². The van der Waals surface area contributed by atoms with Gasteiger partial charge in [0.1, 0.15) is 18.2 Å². The van der Waals surface area contributed by atoms with Gasteiger partial charge in [-0.15, -0.1) is 11.3 Å². The zero-order valence-electron chi connectivity index (χ0n) is 16.3. The van der Waals surface area contributed by atoms with Crippen molar-refractivity contribution < 1.29 is 9.53 Å². The maximum absolute atomic E-state index is 12.4. The topological polar surface area (TPSA) is 58.6 Å². The molecule has 150 valence electrons. The molecule has 29 heavy (non-hydrogen) atoms. The quantitative estimate of drug-likeness (QED) is 0.601. The molecular formula is C22H24N4O2S. The van der Waals surface area contributed by atoms with Crippen molar-refractivity contribution >= 4 is 39.0 Å². The molecule has 0 saturated carbocycles. The molecule has 4 heterocycles. The first-order valence-corrected chi connectivity index (χ1v) is 11.1. The first-order valence-electron chi connectivity index (χ1n) is 10.2. The number of esters is 1. The molecule has 7 heteroatoms. The SMILES string of the molecule is O=C(Cc1ccc(N2CCCC2)cc1)OC1CCN(c2ncnc3ccsc23)C1. The first-order chi connectivity index (χ1) is 14.3. The monoisotopic (exact) mass is 408 g/mol. The van der Waals surface area contributed by atoms with Crippen molar-refractivity contribution in [3.63, 3.8) is 0 Å². The maximum atomic E-state index is 12.4. The molecule has 2 aliphatic heterocycles. The molecule has 3 aromatic rings. The summed E-state index contributed by atoms with van der Waals surface area (Å²) < 4.78 is 6.85. The van der Waals surface area contributed by atoms with Crippen LogP contribution in [-0.2, 0) is 16.0 Å². The fraction of sp³-hybridized carbons (Fsp3) is 0.409. The van der Waals surface area contributed by atoms with Gasteiger partial charge in [-0.1, -0.05) is 12.1 Å². The van der Waals surface area contributed by atoms with Gasteiger partial charge in [0, 0.05) is 31.7 Å². The second kappa shape index (κ2) is 7.99. The Morgan fingerprint density at radius 1 is 1.07 bits per heavy atom. The molecule has 6 nitrogen and oxygen atoms in total. The fourth-order valence-corrected chi connectivity index (χ4v) is 5.07. The highest BCUT2D eigenvalue weighted by atomic mass is 32.1. The lowest BCUT2D eigenvalue weighted by Crippen LogP contribution is -2.26. The highest BCUT2D eigenvalue weighted by Gasteiger charge is 2.28. The van der Waals surface area contributed by atoms with Gasteiger partial charge in [-0.3, -0.25) is 4.79 Å². The number of benzene rings is 1. The van der Waals surface area contributed by atoms with E-state index in [2.05, 4.69) is 31.9 Å². The van der Waals surface area contributed by atoms with Crippen LogP contribution in [-0.4, -0.2) is 48.2 Å². The number of aromatic nitrogens is 2. The van der Waals surface area contributed by atoms with Gasteiger partial charge in [0.15, 0.2) is 0 Å². The minimum absolute atomic E-state index is 0.0867. The molecular weight excluding hydrogens is 384 g/mol. The minimum atomic E-state index is -0.158. The van der Waals surface area contributed by atoms with Crippen molar-refractivity contribution in [2.45, 2.75) is 31.8 Å². The Morgan fingerprint density at radius 2 is 1.90 bits per heavy atom. The second-order valence-corrected chi connectivity index (χ2v) is 8.63. The van der Waals surface area contributed by atoms with E-state index >= 15 is 0 Å². The van der Waals surface area contributed by atoms with Gasteiger partial charge in [0.25, 0.3) is 0 Å². The lowest BCUT2D eigenvalue weighted by molar-refractivity contribution is -0.147. The number of hydrogen-bond donors (Lipinski definition) is 0. The van der Waals surface area contributed by atoms with E-state index in [-0.39, 0.29) is 12.1 Å². The van der Waals surface area contributed by atoms with Crippen molar-refractivity contribution in [2.24, 2.45) is 0 Å². The Morgan fingerprint density at radius 3 is 2.72 bits per heavy atom. The molecule has 0 amide bonds. The first kappa shape index (κ1) is 18.4. The van der Waals surface area contributed by atoms with Crippen molar-refractivity contribution in [1.82, 2.24) is 9.97 Å². The van der Waals surface area contributed by atoms with Crippen LogP contribution in [0.1, 0.15) is 24.8 Å². The molecule has 0 aliphatic carbocycles. The van der Waals surface area contributed by atoms with Gasteiger partial charge < -0.3 is 14.5 Å². The summed E-state index contributed by atoms with van der Waals surface area (Å²) in [7, 11) is 0. The average molecular weight is 409 g/mol. The summed E-state index contributed by atoms with van der Waals surface area (Å²) >= 11 is 1.65. The molecule has 1 aromatic carbocycles. The lowest BCUT2D eigenvalue weighted by atomic mass is 10.1. The number of thiophene rings is 1. The standard InChI is InChI=1S/C22H24N4O2S/c27-20(13-16-3-5-17(6-4-16)25-9-1-2-10-25)28-18-7-11-26(14-18)22-21-19(8-12-29-21)23-15-24-22/h3-6,8,12,15,18H,1-2,7,9-11,13-14H2. The minimum Gasteiger partial charge on any atom is -0.460 e. The van der Waals surface area contributed by atoms with Crippen LogP contribution in [0.5, 0.6) is 0 Å². The number of carbonyl (C=O) groups excluding carboxylic acids is 1. The number of carbonyl (C=O) groups is 1. The Bertz CT molecular complexity index is 997. The van der Waals surface area contributed by atoms with Crippen molar-refractivity contribution in [2.75, 3.05) is 36.0 Å². The van der Waals surface area contributed by atoms with Gasteiger partial charge >= 0.3 is 5.97 Å². The Labute approximate surface area is 174 Å². The number of fused-ring (bicyclic) bond motifs is 1. The molecule has 0 spiro atoms. The van der Waals surface area contributed by atoms with E-state index < -0.39 is 0 Å². The van der Waals surface area contributed by atoms with Crippen LogP contribution in [0.4, 0.5) is 11.5 Å². The summed E-state index contributed by atoms with van der Waals surface area (Å²) in [4.78, 5) is 25.8. The molecule has 2 saturated heterocycles. The number of rotatable bonds is 5. The molecule has 5 rings (SSSR count). The van der Waals surface area contributed by atoms with E-state index in [1.54, 1.807) is 17.7 Å². The Balaban J connectivity index is 1.17. The van der Waals surface area contributed by atoms with Gasteiger partial charge in [0.2, 0.25) is 0 Å². The van der Waals surface area contributed by atoms with Crippen molar-refractivity contribution in [1.29, 1.82) is 0 Å². The van der Waals surface area contributed by atoms with Crippen molar-refractivity contribution in [3.05, 3.63) is 47.6 Å². The predicted octanol–water partition coefficient (Wildman–Crippen LogP) is 3.66. The summed E-state index contributed by atoms with van der Waals surface area (Å²) in [6.45, 7) is 3.78. The van der Waals surface area contributed by atoms with Crippen LogP contribution in [0.15, 0.2) is 42.0 Å². The van der Waals surface area contributed by atoms with E-state index in [0.29, 0.717) is 13.0 Å². The highest BCUT2D eigenvalue weighted by Crippen LogP contribution is 2.30. The third kappa shape index (κ3) is 3.92. The average Bonchev–Trinajstić information content (AvgIpc) is 3.49. The normalized spacial score (nSPS) is 19.2. The van der Waals surface area contributed by atoms with E-state index in [9.17, 15) is 4.79 Å². The molecule has 0 radical (unpaired) electrons. The fourth-order valence-electron chi connectivity index (χ4n) is 4.21. The summed E-state index contributed by atoms with van der Waals surface area (Å²) in [6.07, 6.45) is 5.20. The van der Waals surface area contributed by atoms with Crippen LogP contribution in [0, 0.1) is 0 Å². The molecule has 1 unspecified atom stereocenters. The van der Waals surface area contributed by atoms with Crippen LogP contribution < -0.4 is 9.80 Å². The third-order valence-electron chi connectivity index (χ3n) is 5.72. The van der Waals surface area contributed by atoms with Gasteiger partial charge in [-0.05, 0) is 42.0 Å². The Kier molecular flexibility index (Phi) is 5.06. The number of anilines is 2. The van der Waals surface area contributed by atoms with E-state index in [1.807, 2.05) is 23.6 Å². The molecule has 0 N–H and O–H groups in total.